The monoisotopic (exact) mass is 576 g/mol. The van der Waals surface area contributed by atoms with Crippen LogP contribution in [0.1, 0.15) is 43.0 Å². The lowest BCUT2D eigenvalue weighted by Gasteiger charge is -2.33. The second kappa shape index (κ2) is 9.62. The standard InChI is InChI=1S/C27H28ClF3N6O3/c1-34(24(38)17-8-12-35(15-17)25(39)26(40)9-10-26)23(27(29,30)31)16-4-6-18(7-5-16)36-11-2-3-19-20(36)14-32-22-13-21(28)33-37(19)22/h4-7,13-14,17,23,40H,2-3,8-12,15H2,1H3/t17-,23-/m0/s1. The molecule has 3 aromatic rings. The number of alkyl halides is 3. The Kier molecular flexibility index (Phi) is 6.45. The summed E-state index contributed by atoms with van der Waals surface area (Å²) in [5, 5.41) is 14.7. The molecule has 4 heterocycles. The number of amides is 2. The van der Waals surface area contributed by atoms with Crippen LogP contribution in [0.15, 0.2) is 36.5 Å². The number of aromatic nitrogens is 3. The number of halogens is 4. The van der Waals surface area contributed by atoms with Gasteiger partial charge in [0, 0.05) is 38.4 Å². The van der Waals surface area contributed by atoms with E-state index in [4.69, 9.17) is 11.6 Å². The summed E-state index contributed by atoms with van der Waals surface area (Å²) in [5.74, 6) is -1.88. The van der Waals surface area contributed by atoms with Crippen LogP contribution in [0.2, 0.25) is 5.15 Å². The van der Waals surface area contributed by atoms with Gasteiger partial charge in [-0.25, -0.2) is 9.50 Å². The van der Waals surface area contributed by atoms with Gasteiger partial charge in [-0.15, -0.1) is 0 Å². The molecular formula is C27H28ClF3N6O3. The topological polar surface area (TPSA) is 94.3 Å². The Hall–Kier alpha value is -3.38. The first-order valence-corrected chi connectivity index (χ1v) is 13.6. The number of benzene rings is 1. The van der Waals surface area contributed by atoms with Crippen molar-refractivity contribution in [3.63, 3.8) is 0 Å². The van der Waals surface area contributed by atoms with Crippen molar-refractivity contribution >= 4 is 40.4 Å². The number of aliphatic hydroxyl groups is 1. The zero-order valence-electron chi connectivity index (χ0n) is 21.7. The maximum Gasteiger partial charge on any atom is 0.413 e. The predicted molar refractivity (Wildman–Crippen MR) is 140 cm³/mol. The Morgan fingerprint density at radius 3 is 2.60 bits per heavy atom. The SMILES string of the molecule is CN(C(=O)[C@H]1CCN(C(=O)C2(O)CC2)C1)[C@@H](c1ccc(N2CCCc3c2cnc2cc(Cl)nn32)cc1)C(F)(F)F. The van der Waals surface area contributed by atoms with Gasteiger partial charge in [0.25, 0.3) is 5.91 Å². The second-order valence-electron chi connectivity index (χ2n) is 10.8. The van der Waals surface area contributed by atoms with Crippen LogP contribution in [-0.4, -0.2) is 79.8 Å². The number of carbonyl (C=O) groups excluding carboxylic acids is 2. The van der Waals surface area contributed by atoms with Crippen LogP contribution in [-0.2, 0) is 16.0 Å². The van der Waals surface area contributed by atoms with Crippen molar-refractivity contribution in [3.05, 3.63) is 52.9 Å². The molecule has 3 aliphatic rings. The molecule has 13 heteroatoms. The Balaban J connectivity index is 1.22. The van der Waals surface area contributed by atoms with E-state index < -0.39 is 35.6 Å². The van der Waals surface area contributed by atoms with E-state index in [2.05, 4.69) is 10.1 Å². The molecule has 2 aliphatic heterocycles. The zero-order chi connectivity index (χ0) is 28.4. The number of anilines is 2. The molecular weight excluding hydrogens is 549 g/mol. The highest BCUT2D eigenvalue weighted by Crippen LogP contribution is 2.41. The summed E-state index contributed by atoms with van der Waals surface area (Å²) in [7, 11) is 1.15. The van der Waals surface area contributed by atoms with E-state index in [-0.39, 0.29) is 25.1 Å². The van der Waals surface area contributed by atoms with E-state index >= 15 is 0 Å². The molecule has 2 atom stereocenters. The van der Waals surface area contributed by atoms with Gasteiger partial charge >= 0.3 is 6.18 Å². The summed E-state index contributed by atoms with van der Waals surface area (Å²) in [6, 6.07) is 5.56. The molecule has 1 N–H and O–H groups in total. The Morgan fingerprint density at radius 1 is 1.20 bits per heavy atom. The van der Waals surface area contributed by atoms with Crippen LogP contribution < -0.4 is 4.90 Å². The molecule has 2 fully saturated rings. The fraction of sp³-hybridized carbons (Fsp3) is 0.481. The Morgan fingerprint density at radius 2 is 1.93 bits per heavy atom. The molecule has 0 unspecified atom stereocenters. The molecule has 0 bridgehead atoms. The van der Waals surface area contributed by atoms with Gasteiger partial charge in [-0.1, -0.05) is 23.7 Å². The lowest BCUT2D eigenvalue weighted by molar-refractivity contribution is -0.190. The van der Waals surface area contributed by atoms with Crippen molar-refractivity contribution in [3.8, 4) is 0 Å². The van der Waals surface area contributed by atoms with Gasteiger partial charge in [0.1, 0.15) is 5.60 Å². The first kappa shape index (κ1) is 26.8. The lowest BCUT2D eigenvalue weighted by atomic mass is 10.0. The minimum atomic E-state index is -4.71. The molecule has 0 radical (unpaired) electrons. The number of rotatable bonds is 5. The van der Waals surface area contributed by atoms with E-state index in [0.29, 0.717) is 35.9 Å². The quantitative estimate of drug-likeness (QED) is 0.495. The average molecular weight is 577 g/mol. The predicted octanol–water partition coefficient (Wildman–Crippen LogP) is 3.90. The van der Waals surface area contributed by atoms with Crippen LogP contribution in [0, 0.1) is 5.92 Å². The average Bonchev–Trinajstić information content (AvgIpc) is 3.31. The first-order chi connectivity index (χ1) is 19.0. The van der Waals surface area contributed by atoms with Crippen molar-refractivity contribution in [2.75, 3.05) is 31.6 Å². The maximum absolute atomic E-state index is 14.3. The third-order valence-electron chi connectivity index (χ3n) is 8.13. The van der Waals surface area contributed by atoms with E-state index in [9.17, 15) is 27.9 Å². The van der Waals surface area contributed by atoms with Crippen LogP contribution in [0.3, 0.4) is 0 Å². The molecule has 40 heavy (non-hydrogen) atoms. The van der Waals surface area contributed by atoms with E-state index in [1.165, 1.54) is 17.0 Å². The third-order valence-corrected chi connectivity index (χ3v) is 8.31. The molecule has 1 saturated carbocycles. The van der Waals surface area contributed by atoms with Crippen molar-refractivity contribution in [1.29, 1.82) is 0 Å². The van der Waals surface area contributed by atoms with E-state index in [1.807, 2.05) is 4.90 Å². The summed E-state index contributed by atoms with van der Waals surface area (Å²) in [6.45, 7) is 0.895. The molecule has 1 aromatic carbocycles. The number of fused-ring (bicyclic) bond motifs is 3. The summed E-state index contributed by atoms with van der Waals surface area (Å²) in [6.07, 6.45) is -0.428. The first-order valence-electron chi connectivity index (χ1n) is 13.2. The third kappa shape index (κ3) is 4.66. The van der Waals surface area contributed by atoms with Gasteiger partial charge in [0.05, 0.1) is 23.5 Å². The molecule has 212 valence electrons. The van der Waals surface area contributed by atoms with Crippen LogP contribution in [0.4, 0.5) is 24.5 Å². The second-order valence-corrected chi connectivity index (χ2v) is 11.2. The number of nitrogens with zero attached hydrogens (tertiary/aromatic N) is 6. The summed E-state index contributed by atoms with van der Waals surface area (Å²) >= 11 is 6.06. The molecule has 2 aromatic heterocycles. The molecule has 1 aliphatic carbocycles. The van der Waals surface area contributed by atoms with Crippen molar-refractivity contribution < 1.29 is 27.9 Å². The highest BCUT2D eigenvalue weighted by atomic mass is 35.5. The smallest absolute Gasteiger partial charge is 0.380 e. The van der Waals surface area contributed by atoms with Gasteiger partial charge < -0.3 is 19.8 Å². The van der Waals surface area contributed by atoms with Crippen molar-refractivity contribution in [2.24, 2.45) is 5.92 Å². The van der Waals surface area contributed by atoms with Gasteiger partial charge in [0.2, 0.25) is 5.91 Å². The minimum Gasteiger partial charge on any atom is -0.380 e. The lowest BCUT2D eigenvalue weighted by Crippen LogP contribution is -2.44. The molecule has 9 nitrogen and oxygen atoms in total. The van der Waals surface area contributed by atoms with Gasteiger partial charge in [-0.3, -0.25) is 9.59 Å². The van der Waals surface area contributed by atoms with Gasteiger partial charge in [0.15, 0.2) is 16.8 Å². The molecule has 1 saturated heterocycles. The fourth-order valence-corrected chi connectivity index (χ4v) is 6.03. The van der Waals surface area contributed by atoms with Gasteiger partial charge in [-0.05, 0) is 49.8 Å². The largest absolute Gasteiger partial charge is 0.413 e. The number of hydrogen-bond donors (Lipinski definition) is 1. The summed E-state index contributed by atoms with van der Waals surface area (Å²) in [5.41, 5.74) is 1.62. The van der Waals surface area contributed by atoms with Crippen LogP contribution in [0.25, 0.3) is 5.65 Å². The van der Waals surface area contributed by atoms with Crippen LogP contribution >= 0.6 is 11.6 Å². The van der Waals surface area contributed by atoms with Crippen molar-refractivity contribution in [1.82, 2.24) is 24.4 Å². The maximum atomic E-state index is 14.3. The van der Waals surface area contributed by atoms with Gasteiger partial charge in [-0.2, -0.15) is 18.3 Å². The van der Waals surface area contributed by atoms with E-state index in [1.54, 1.807) is 28.9 Å². The summed E-state index contributed by atoms with van der Waals surface area (Å²) in [4.78, 5) is 34.2. The van der Waals surface area contributed by atoms with E-state index in [0.717, 1.165) is 36.2 Å². The number of aryl methyl sites for hydroxylation is 1. The van der Waals surface area contributed by atoms with Crippen LogP contribution in [0.5, 0.6) is 0 Å². The zero-order valence-corrected chi connectivity index (χ0v) is 22.5. The molecule has 2 amide bonds. The minimum absolute atomic E-state index is 0.00493. The highest BCUT2D eigenvalue weighted by molar-refractivity contribution is 6.29. The number of carbonyl (C=O) groups is 2. The Bertz CT molecular complexity index is 1470. The summed E-state index contributed by atoms with van der Waals surface area (Å²) < 4.78 is 44.7. The number of hydrogen-bond acceptors (Lipinski definition) is 6. The number of likely N-dealkylation sites (tertiary alicyclic amines) is 1. The fourth-order valence-electron chi connectivity index (χ4n) is 5.85. The Labute approximate surface area is 233 Å². The molecule has 0 spiro atoms. The normalized spacial score (nSPS) is 20.9. The molecule has 6 rings (SSSR count). The highest BCUT2D eigenvalue weighted by Gasteiger charge is 2.52. The van der Waals surface area contributed by atoms with Crippen molar-refractivity contribution in [2.45, 2.75) is 49.9 Å².